The van der Waals surface area contributed by atoms with Gasteiger partial charge in [0.05, 0.1) is 12.0 Å². The molecule has 0 aromatic heterocycles. The largest absolute Gasteiger partial charge is 0.484 e. The fraction of sp³-hybridized carbons (Fsp3) is 0.133. The number of ether oxygens (including phenoxy) is 1. The van der Waals surface area contributed by atoms with Gasteiger partial charge in [0.25, 0.3) is 0 Å². The Balaban J connectivity index is 1.99. The molecule has 0 saturated carbocycles. The van der Waals surface area contributed by atoms with Crippen LogP contribution in [0, 0.1) is 5.82 Å². The number of carbonyl (C=O) groups is 1. The lowest BCUT2D eigenvalue weighted by atomic mass is 9.96. The van der Waals surface area contributed by atoms with Crippen molar-refractivity contribution in [2.45, 2.75) is 12.5 Å². The van der Waals surface area contributed by atoms with E-state index in [9.17, 15) is 9.18 Å². The second-order valence-corrected chi connectivity index (χ2v) is 5.89. The number of benzene rings is 2. The van der Waals surface area contributed by atoms with E-state index >= 15 is 0 Å². The van der Waals surface area contributed by atoms with E-state index in [0.29, 0.717) is 21.9 Å². The number of hydrogen-bond donors (Lipinski definition) is 0. The highest BCUT2D eigenvalue weighted by atomic mass is 79.9. The Morgan fingerprint density at radius 3 is 2.80 bits per heavy atom. The molecule has 2 nitrogen and oxygen atoms in total. The predicted octanol–water partition coefficient (Wildman–Crippen LogP) is 4.95. The highest BCUT2D eigenvalue weighted by Gasteiger charge is 2.29. The molecule has 0 saturated heterocycles. The zero-order valence-corrected chi connectivity index (χ0v) is 12.5. The van der Waals surface area contributed by atoms with Gasteiger partial charge in [0, 0.05) is 15.1 Å². The van der Waals surface area contributed by atoms with Crippen LogP contribution in [0.2, 0.25) is 5.02 Å². The quantitative estimate of drug-likeness (QED) is 0.723. The Labute approximate surface area is 128 Å². The van der Waals surface area contributed by atoms with E-state index in [1.807, 2.05) is 0 Å². The topological polar surface area (TPSA) is 26.3 Å². The Hall–Kier alpha value is -1.39. The van der Waals surface area contributed by atoms with Crippen molar-refractivity contribution in [2.24, 2.45) is 0 Å². The number of carbonyl (C=O) groups excluding carboxylic acids is 1. The number of hydrogen-bond acceptors (Lipinski definition) is 2. The average molecular weight is 356 g/mol. The molecule has 102 valence electrons. The lowest BCUT2D eigenvalue weighted by Gasteiger charge is -2.26. The summed E-state index contributed by atoms with van der Waals surface area (Å²) in [5.41, 5.74) is 0.862. The molecule has 2 aromatic rings. The first-order valence-electron chi connectivity index (χ1n) is 5.99. The summed E-state index contributed by atoms with van der Waals surface area (Å²) in [6, 6.07) is 9.57. The van der Waals surface area contributed by atoms with Gasteiger partial charge in [-0.3, -0.25) is 4.79 Å². The normalized spacial score (nSPS) is 17.6. The van der Waals surface area contributed by atoms with Gasteiger partial charge in [-0.1, -0.05) is 33.6 Å². The average Bonchev–Trinajstić information content (AvgIpc) is 2.39. The third-order valence-corrected chi connectivity index (χ3v) is 3.92. The fourth-order valence-corrected chi connectivity index (χ4v) is 2.75. The van der Waals surface area contributed by atoms with E-state index in [1.54, 1.807) is 30.3 Å². The van der Waals surface area contributed by atoms with Crippen LogP contribution < -0.4 is 4.74 Å². The van der Waals surface area contributed by atoms with Crippen molar-refractivity contribution >= 4 is 33.3 Å². The smallest absolute Gasteiger partial charge is 0.170 e. The molecule has 5 heteroatoms. The lowest BCUT2D eigenvalue weighted by Crippen LogP contribution is -2.21. The van der Waals surface area contributed by atoms with Crippen molar-refractivity contribution in [3.63, 3.8) is 0 Å². The van der Waals surface area contributed by atoms with E-state index in [4.69, 9.17) is 16.3 Å². The molecule has 0 spiro atoms. The van der Waals surface area contributed by atoms with Crippen LogP contribution in [-0.2, 0) is 0 Å². The first-order valence-corrected chi connectivity index (χ1v) is 7.16. The van der Waals surface area contributed by atoms with Gasteiger partial charge in [0.2, 0.25) is 0 Å². The monoisotopic (exact) mass is 354 g/mol. The second kappa shape index (κ2) is 5.19. The molecule has 3 rings (SSSR count). The molecule has 0 amide bonds. The van der Waals surface area contributed by atoms with Crippen molar-refractivity contribution < 1.29 is 13.9 Å². The summed E-state index contributed by atoms with van der Waals surface area (Å²) in [7, 11) is 0. The third-order valence-electron chi connectivity index (χ3n) is 3.19. The van der Waals surface area contributed by atoms with Crippen LogP contribution in [0.1, 0.15) is 28.4 Å². The highest BCUT2D eigenvalue weighted by molar-refractivity contribution is 9.10. The number of ketones is 1. The second-order valence-electron chi connectivity index (χ2n) is 4.54. The maximum Gasteiger partial charge on any atom is 0.170 e. The van der Waals surface area contributed by atoms with Crippen molar-refractivity contribution in [3.05, 3.63) is 62.8 Å². The van der Waals surface area contributed by atoms with Crippen LogP contribution in [-0.4, -0.2) is 5.78 Å². The molecule has 1 aliphatic rings. The van der Waals surface area contributed by atoms with Crippen molar-refractivity contribution in [2.75, 3.05) is 0 Å². The Morgan fingerprint density at radius 1 is 1.25 bits per heavy atom. The first kappa shape index (κ1) is 13.6. The van der Waals surface area contributed by atoms with E-state index in [0.717, 1.165) is 4.47 Å². The maximum absolute atomic E-state index is 13.9. The molecule has 20 heavy (non-hydrogen) atoms. The SMILES string of the molecule is O=C1CC(c2ccc(Cl)cc2F)Oc2ccc(Br)cc21. The van der Waals surface area contributed by atoms with Gasteiger partial charge in [0.15, 0.2) is 5.78 Å². The van der Waals surface area contributed by atoms with E-state index in [2.05, 4.69) is 15.9 Å². The van der Waals surface area contributed by atoms with Crippen LogP contribution in [0.3, 0.4) is 0 Å². The molecule has 1 atom stereocenters. The predicted molar refractivity (Wildman–Crippen MR) is 77.9 cm³/mol. The molecule has 1 heterocycles. The molecule has 1 aliphatic heterocycles. The number of halogens is 3. The molecular weight excluding hydrogens is 347 g/mol. The molecule has 2 aromatic carbocycles. The van der Waals surface area contributed by atoms with E-state index < -0.39 is 11.9 Å². The molecule has 0 bridgehead atoms. The van der Waals surface area contributed by atoms with Gasteiger partial charge >= 0.3 is 0 Å². The van der Waals surface area contributed by atoms with Crippen LogP contribution in [0.4, 0.5) is 4.39 Å². The summed E-state index contributed by atoms with van der Waals surface area (Å²) >= 11 is 9.05. The number of rotatable bonds is 1. The van der Waals surface area contributed by atoms with Gasteiger partial charge in [-0.05, 0) is 30.3 Å². The van der Waals surface area contributed by atoms with Gasteiger partial charge < -0.3 is 4.74 Å². The molecular formula is C15H9BrClFO2. The van der Waals surface area contributed by atoms with Gasteiger partial charge in [0.1, 0.15) is 17.7 Å². The van der Waals surface area contributed by atoms with Crippen LogP contribution in [0.15, 0.2) is 40.9 Å². The van der Waals surface area contributed by atoms with Crippen LogP contribution >= 0.6 is 27.5 Å². The lowest BCUT2D eigenvalue weighted by molar-refractivity contribution is 0.0846. The summed E-state index contributed by atoms with van der Waals surface area (Å²) < 4.78 is 20.5. The molecule has 0 fully saturated rings. The zero-order chi connectivity index (χ0) is 14.3. The van der Waals surface area contributed by atoms with Gasteiger partial charge in [-0.25, -0.2) is 4.39 Å². The summed E-state index contributed by atoms with van der Waals surface area (Å²) in [6.07, 6.45) is -0.504. The van der Waals surface area contributed by atoms with E-state index in [1.165, 1.54) is 6.07 Å². The minimum Gasteiger partial charge on any atom is -0.484 e. The molecule has 0 N–H and O–H groups in total. The first-order chi connectivity index (χ1) is 9.54. The Bertz CT molecular complexity index is 702. The Morgan fingerprint density at radius 2 is 2.05 bits per heavy atom. The fourth-order valence-electron chi connectivity index (χ4n) is 2.23. The third kappa shape index (κ3) is 2.45. The molecule has 0 radical (unpaired) electrons. The summed E-state index contributed by atoms with van der Waals surface area (Å²) in [5.74, 6) is -0.0495. The summed E-state index contributed by atoms with van der Waals surface area (Å²) in [4.78, 5) is 12.2. The standard InChI is InChI=1S/C15H9BrClFO2/c16-8-1-4-14-11(5-8)13(19)7-15(20-14)10-3-2-9(17)6-12(10)18/h1-6,15H,7H2. The van der Waals surface area contributed by atoms with E-state index in [-0.39, 0.29) is 12.2 Å². The van der Waals surface area contributed by atoms with Crippen molar-refractivity contribution in [1.29, 1.82) is 0 Å². The maximum atomic E-state index is 13.9. The number of Topliss-reactive ketones (excluding diaryl/α,β-unsaturated/α-hetero) is 1. The zero-order valence-electron chi connectivity index (χ0n) is 10.2. The highest BCUT2D eigenvalue weighted by Crippen LogP contribution is 2.37. The summed E-state index contributed by atoms with van der Waals surface area (Å²) in [5, 5.41) is 0.317. The molecule has 0 aliphatic carbocycles. The summed E-state index contributed by atoms with van der Waals surface area (Å²) in [6.45, 7) is 0. The Kier molecular flexibility index (Phi) is 3.52. The van der Waals surface area contributed by atoms with Crippen LogP contribution in [0.25, 0.3) is 0 Å². The van der Waals surface area contributed by atoms with Gasteiger partial charge in [-0.15, -0.1) is 0 Å². The minimum atomic E-state index is -0.617. The van der Waals surface area contributed by atoms with Crippen LogP contribution in [0.5, 0.6) is 5.75 Å². The minimum absolute atomic E-state index is 0.0631. The van der Waals surface area contributed by atoms with Crippen molar-refractivity contribution in [3.8, 4) is 5.75 Å². The molecule has 1 unspecified atom stereocenters. The van der Waals surface area contributed by atoms with Crippen molar-refractivity contribution in [1.82, 2.24) is 0 Å². The number of fused-ring (bicyclic) bond motifs is 1. The van der Waals surface area contributed by atoms with Gasteiger partial charge in [-0.2, -0.15) is 0 Å².